The molecule has 152 valence electrons. The summed E-state index contributed by atoms with van der Waals surface area (Å²) >= 11 is 2.97. The smallest absolute Gasteiger partial charge is 0.242 e. The molecule has 1 aromatic carbocycles. The maximum Gasteiger partial charge on any atom is 0.242 e. The fourth-order valence-electron chi connectivity index (χ4n) is 3.28. The zero-order chi connectivity index (χ0) is 20.6. The molecule has 7 nitrogen and oxygen atoms in total. The van der Waals surface area contributed by atoms with Crippen molar-refractivity contribution in [2.45, 2.75) is 22.8 Å². The van der Waals surface area contributed by atoms with E-state index in [2.05, 4.69) is 9.97 Å². The van der Waals surface area contributed by atoms with Crippen LogP contribution in [0.15, 0.2) is 45.9 Å². The van der Waals surface area contributed by atoms with Gasteiger partial charge in [0.05, 0.1) is 20.9 Å². The van der Waals surface area contributed by atoms with Gasteiger partial charge in [0.1, 0.15) is 11.4 Å². The van der Waals surface area contributed by atoms with Gasteiger partial charge in [-0.1, -0.05) is 11.8 Å². The van der Waals surface area contributed by atoms with E-state index in [9.17, 15) is 13.2 Å². The van der Waals surface area contributed by atoms with Gasteiger partial charge in [-0.2, -0.15) is 0 Å². The maximum atomic E-state index is 12.9. The predicted octanol–water partition coefficient (Wildman–Crippen LogP) is 3.01. The highest BCUT2D eigenvalue weighted by atomic mass is 32.2. The van der Waals surface area contributed by atoms with Gasteiger partial charge in [0, 0.05) is 26.3 Å². The van der Waals surface area contributed by atoms with E-state index in [1.165, 1.54) is 36.5 Å². The number of rotatable bonds is 5. The Kier molecular flexibility index (Phi) is 5.60. The Bertz CT molecular complexity index is 1170. The average Bonchev–Trinajstić information content (AvgIpc) is 3.20. The van der Waals surface area contributed by atoms with Crippen LogP contribution < -0.4 is 4.90 Å². The molecule has 0 aliphatic carbocycles. The highest BCUT2D eigenvalue weighted by Gasteiger charge is 2.26. The van der Waals surface area contributed by atoms with Crippen LogP contribution >= 0.6 is 23.1 Å². The molecule has 1 aliphatic heterocycles. The SMILES string of the molecule is CN(C)S(=O)(=O)c1ccc2c(c1)CCCN2C(=O)CSc1ncnc2ccsc12. The number of benzene rings is 1. The molecule has 0 N–H and O–H groups in total. The van der Waals surface area contributed by atoms with Gasteiger partial charge in [-0.15, -0.1) is 11.3 Å². The van der Waals surface area contributed by atoms with E-state index < -0.39 is 10.0 Å². The average molecular weight is 449 g/mol. The molecule has 1 aliphatic rings. The summed E-state index contributed by atoms with van der Waals surface area (Å²) in [7, 11) is -0.470. The van der Waals surface area contributed by atoms with E-state index >= 15 is 0 Å². The molecule has 3 aromatic rings. The number of thiophene rings is 1. The zero-order valence-corrected chi connectivity index (χ0v) is 18.5. The van der Waals surface area contributed by atoms with Crippen molar-refractivity contribution in [3.8, 4) is 0 Å². The van der Waals surface area contributed by atoms with Crippen LogP contribution in [0.3, 0.4) is 0 Å². The number of carbonyl (C=O) groups excluding carboxylic acids is 1. The minimum Gasteiger partial charge on any atom is -0.311 e. The second-order valence-corrected chi connectivity index (χ2v) is 10.9. The first kappa shape index (κ1) is 20.3. The fourth-order valence-corrected chi connectivity index (χ4v) is 6.06. The predicted molar refractivity (Wildman–Crippen MR) is 116 cm³/mol. The summed E-state index contributed by atoms with van der Waals surface area (Å²) in [5.74, 6) is 0.253. The second-order valence-electron chi connectivity index (χ2n) is 6.83. The van der Waals surface area contributed by atoms with Crippen molar-refractivity contribution in [2.75, 3.05) is 31.3 Å². The summed E-state index contributed by atoms with van der Waals surface area (Å²) in [5.41, 5.74) is 2.57. The van der Waals surface area contributed by atoms with E-state index in [-0.39, 0.29) is 16.6 Å². The number of amides is 1. The van der Waals surface area contributed by atoms with Crippen molar-refractivity contribution in [2.24, 2.45) is 0 Å². The van der Waals surface area contributed by atoms with Gasteiger partial charge in [0.2, 0.25) is 15.9 Å². The largest absolute Gasteiger partial charge is 0.311 e. The lowest BCUT2D eigenvalue weighted by Crippen LogP contribution is -2.36. The zero-order valence-electron chi connectivity index (χ0n) is 16.0. The van der Waals surface area contributed by atoms with Crippen molar-refractivity contribution in [3.63, 3.8) is 0 Å². The quantitative estimate of drug-likeness (QED) is 0.441. The lowest BCUT2D eigenvalue weighted by atomic mass is 10.0. The summed E-state index contributed by atoms with van der Waals surface area (Å²) in [6.07, 6.45) is 3.08. The molecule has 0 unspecified atom stereocenters. The van der Waals surface area contributed by atoms with Gasteiger partial charge in [0.25, 0.3) is 0 Å². The molecule has 1 amide bonds. The van der Waals surface area contributed by atoms with E-state index in [1.807, 2.05) is 11.4 Å². The Hall–Kier alpha value is -2.01. The maximum absolute atomic E-state index is 12.9. The summed E-state index contributed by atoms with van der Waals surface area (Å²) in [6, 6.07) is 6.95. The lowest BCUT2D eigenvalue weighted by molar-refractivity contribution is -0.116. The molecule has 2 aromatic heterocycles. The van der Waals surface area contributed by atoms with Crippen LogP contribution in [-0.2, 0) is 21.2 Å². The van der Waals surface area contributed by atoms with Gasteiger partial charge < -0.3 is 4.90 Å². The summed E-state index contributed by atoms with van der Waals surface area (Å²) < 4.78 is 27.0. The Morgan fingerprint density at radius 1 is 1.28 bits per heavy atom. The molecule has 0 fully saturated rings. The van der Waals surface area contributed by atoms with E-state index in [4.69, 9.17) is 0 Å². The molecule has 0 saturated heterocycles. The first-order chi connectivity index (χ1) is 13.9. The van der Waals surface area contributed by atoms with Gasteiger partial charge in [-0.3, -0.25) is 4.79 Å². The molecule has 0 atom stereocenters. The Morgan fingerprint density at radius 2 is 2.10 bits per heavy atom. The molecule has 4 rings (SSSR count). The summed E-state index contributed by atoms with van der Waals surface area (Å²) in [5, 5.41) is 2.77. The van der Waals surface area contributed by atoms with E-state index in [1.54, 1.807) is 34.4 Å². The highest BCUT2D eigenvalue weighted by Crippen LogP contribution is 2.32. The molecule has 0 saturated carbocycles. The van der Waals surface area contributed by atoms with Crippen LogP contribution in [0.4, 0.5) is 5.69 Å². The normalized spacial score (nSPS) is 14.4. The number of thioether (sulfide) groups is 1. The number of anilines is 1. The standard InChI is InChI=1S/C19H20N4O3S3/c1-22(2)29(25,26)14-5-6-16-13(10-14)4-3-8-23(16)17(24)11-28-19-18-15(7-9-27-18)20-12-21-19/h5-7,9-10,12H,3-4,8,11H2,1-2H3. The summed E-state index contributed by atoms with van der Waals surface area (Å²) in [4.78, 5) is 23.5. The molecular weight excluding hydrogens is 428 g/mol. The monoisotopic (exact) mass is 448 g/mol. The number of sulfonamides is 1. The van der Waals surface area contributed by atoms with Crippen LogP contribution in [-0.4, -0.2) is 55.0 Å². The minimum atomic E-state index is -3.50. The molecule has 10 heteroatoms. The van der Waals surface area contributed by atoms with E-state index in [0.29, 0.717) is 6.54 Å². The number of carbonyl (C=O) groups is 1. The molecular formula is C19H20N4O3S3. The Labute approximate surface area is 177 Å². The number of fused-ring (bicyclic) bond motifs is 2. The summed E-state index contributed by atoms with van der Waals surface area (Å²) in [6.45, 7) is 0.629. The third kappa shape index (κ3) is 3.89. The van der Waals surface area contributed by atoms with Crippen LogP contribution in [0.2, 0.25) is 0 Å². The fraction of sp³-hybridized carbons (Fsp3) is 0.316. The third-order valence-corrected chi connectivity index (χ3v) is 8.62. The number of nitrogens with zero attached hydrogens (tertiary/aromatic N) is 4. The van der Waals surface area contributed by atoms with Crippen LogP contribution in [0.5, 0.6) is 0 Å². The molecule has 29 heavy (non-hydrogen) atoms. The van der Waals surface area contributed by atoms with Crippen molar-refractivity contribution in [1.82, 2.24) is 14.3 Å². The van der Waals surface area contributed by atoms with Crippen molar-refractivity contribution < 1.29 is 13.2 Å². The van der Waals surface area contributed by atoms with Gasteiger partial charge in [0.15, 0.2) is 0 Å². The second kappa shape index (κ2) is 8.02. The van der Waals surface area contributed by atoms with Crippen molar-refractivity contribution in [1.29, 1.82) is 0 Å². The van der Waals surface area contributed by atoms with Gasteiger partial charge in [-0.05, 0) is 48.1 Å². The number of hydrogen-bond donors (Lipinski definition) is 0. The lowest BCUT2D eigenvalue weighted by Gasteiger charge is -2.30. The first-order valence-electron chi connectivity index (χ1n) is 9.05. The molecule has 0 bridgehead atoms. The number of aryl methyl sites for hydroxylation is 1. The molecule has 3 heterocycles. The van der Waals surface area contributed by atoms with Crippen molar-refractivity contribution >= 4 is 54.9 Å². The first-order valence-corrected chi connectivity index (χ1v) is 12.4. The minimum absolute atomic E-state index is 0.0116. The molecule has 0 radical (unpaired) electrons. The number of aromatic nitrogens is 2. The Balaban J connectivity index is 1.54. The topological polar surface area (TPSA) is 83.5 Å². The number of hydrogen-bond acceptors (Lipinski definition) is 7. The Morgan fingerprint density at radius 3 is 2.90 bits per heavy atom. The van der Waals surface area contributed by atoms with Crippen LogP contribution in [0.1, 0.15) is 12.0 Å². The van der Waals surface area contributed by atoms with Gasteiger partial charge in [-0.25, -0.2) is 22.7 Å². The van der Waals surface area contributed by atoms with Gasteiger partial charge >= 0.3 is 0 Å². The van der Waals surface area contributed by atoms with Crippen LogP contribution in [0, 0.1) is 0 Å². The van der Waals surface area contributed by atoms with Crippen molar-refractivity contribution in [3.05, 3.63) is 41.5 Å². The van der Waals surface area contributed by atoms with Crippen LogP contribution in [0.25, 0.3) is 10.2 Å². The molecule has 0 spiro atoms. The third-order valence-electron chi connectivity index (χ3n) is 4.79. The highest BCUT2D eigenvalue weighted by molar-refractivity contribution is 8.00. The van der Waals surface area contributed by atoms with E-state index in [0.717, 1.165) is 39.3 Å².